The van der Waals surface area contributed by atoms with E-state index in [4.69, 9.17) is 0 Å². The Kier molecular flexibility index (Phi) is 2.47. The highest BCUT2D eigenvalue weighted by atomic mass is 15.1. The van der Waals surface area contributed by atoms with Gasteiger partial charge in [-0.2, -0.15) is 0 Å². The summed E-state index contributed by atoms with van der Waals surface area (Å²) in [7, 11) is 0. The van der Waals surface area contributed by atoms with E-state index < -0.39 is 0 Å². The monoisotopic (exact) mass is 202 g/mol. The molecule has 2 heteroatoms. The van der Waals surface area contributed by atoms with Crippen molar-refractivity contribution in [1.82, 2.24) is 10.6 Å². The van der Waals surface area contributed by atoms with Crippen LogP contribution in [0.2, 0.25) is 0 Å². The number of aryl methyl sites for hydroxylation is 1. The average Bonchev–Trinajstić information content (AvgIpc) is 2.23. The first kappa shape index (κ1) is 9.37. The van der Waals surface area contributed by atoms with E-state index in [1.165, 1.54) is 19.3 Å². The Labute approximate surface area is 91.1 Å². The Morgan fingerprint density at radius 1 is 1.07 bits per heavy atom. The molecule has 2 N–H and O–H groups in total. The number of benzene rings is 1. The lowest BCUT2D eigenvalue weighted by atomic mass is 9.88. The number of hydrogen-bond donors (Lipinski definition) is 2. The van der Waals surface area contributed by atoms with Gasteiger partial charge in [-0.3, -0.25) is 0 Å². The van der Waals surface area contributed by atoms with Crippen molar-refractivity contribution in [2.24, 2.45) is 0 Å². The van der Waals surface area contributed by atoms with Crippen molar-refractivity contribution >= 4 is 0 Å². The van der Waals surface area contributed by atoms with Gasteiger partial charge in [0.05, 0.1) is 0 Å². The SMILES string of the molecule is c1ccc2c(c1)CCC(NC1CNC1)C2. The standard InChI is InChI=1S/C13H18N2/c1-2-4-11-7-12(6-5-10(11)3-1)15-13-8-14-9-13/h1-4,12-15H,5-9H2. The van der Waals surface area contributed by atoms with Gasteiger partial charge in [-0.15, -0.1) is 0 Å². The van der Waals surface area contributed by atoms with Crippen LogP contribution >= 0.6 is 0 Å². The fourth-order valence-electron chi connectivity index (χ4n) is 2.58. The van der Waals surface area contributed by atoms with Crippen molar-refractivity contribution in [3.63, 3.8) is 0 Å². The van der Waals surface area contributed by atoms with E-state index in [0.29, 0.717) is 6.04 Å². The molecule has 1 heterocycles. The minimum atomic E-state index is 0.701. The summed E-state index contributed by atoms with van der Waals surface area (Å²) < 4.78 is 0. The van der Waals surface area contributed by atoms with E-state index in [2.05, 4.69) is 34.9 Å². The molecule has 1 atom stereocenters. The summed E-state index contributed by atoms with van der Waals surface area (Å²) in [6.07, 6.45) is 3.76. The molecule has 1 unspecified atom stereocenters. The molecule has 0 bridgehead atoms. The zero-order valence-electron chi connectivity index (χ0n) is 9.00. The third-order valence-electron chi connectivity index (χ3n) is 3.60. The molecule has 2 aliphatic rings. The van der Waals surface area contributed by atoms with Crippen LogP contribution in [-0.2, 0) is 12.8 Å². The largest absolute Gasteiger partial charge is 0.314 e. The third-order valence-corrected chi connectivity index (χ3v) is 3.60. The van der Waals surface area contributed by atoms with E-state index in [1.807, 2.05) is 0 Å². The first-order chi connectivity index (χ1) is 7.42. The molecule has 15 heavy (non-hydrogen) atoms. The Morgan fingerprint density at radius 3 is 2.60 bits per heavy atom. The van der Waals surface area contributed by atoms with Crippen LogP contribution in [0, 0.1) is 0 Å². The van der Waals surface area contributed by atoms with Crippen LogP contribution in [0.5, 0.6) is 0 Å². The molecule has 0 spiro atoms. The van der Waals surface area contributed by atoms with Crippen molar-refractivity contribution in [3.05, 3.63) is 35.4 Å². The summed E-state index contributed by atoms with van der Waals surface area (Å²) in [5.41, 5.74) is 3.11. The quantitative estimate of drug-likeness (QED) is 0.750. The van der Waals surface area contributed by atoms with Gasteiger partial charge in [-0.05, 0) is 30.4 Å². The lowest BCUT2D eigenvalue weighted by Gasteiger charge is -2.34. The third kappa shape index (κ3) is 1.92. The van der Waals surface area contributed by atoms with Crippen LogP contribution < -0.4 is 10.6 Å². The highest BCUT2D eigenvalue weighted by Gasteiger charge is 2.23. The fourth-order valence-corrected chi connectivity index (χ4v) is 2.58. The Morgan fingerprint density at radius 2 is 1.87 bits per heavy atom. The van der Waals surface area contributed by atoms with E-state index in [0.717, 1.165) is 19.1 Å². The molecule has 1 aromatic rings. The molecular formula is C13H18N2. The van der Waals surface area contributed by atoms with E-state index in [-0.39, 0.29) is 0 Å². The van der Waals surface area contributed by atoms with Gasteiger partial charge in [0.25, 0.3) is 0 Å². The number of fused-ring (bicyclic) bond motifs is 1. The lowest BCUT2D eigenvalue weighted by Crippen LogP contribution is -2.58. The van der Waals surface area contributed by atoms with E-state index in [1.54, 1.807) is 11.1 Å². The minimum absolute atomic E-state index is 0.701. The predicted molar refractivity (Wildman–Crippen MR) is 62.0 cm³/mol. The van der Waals surface area contributed by atoms with E-state index >= 15 is 0 Å². The summed E-state index contributed by atoms with van der Waals surface area (Å²) in [6, 6.07) is 10.3. The second kappa shape index (κ2) is 3.95. The average molecular weight is 202 g/mol. The van der Waals surface area contributed by atoms with Gasteiger partial charge in [0.1, 0.15) is 0 Å². The zero-order chi connectivity index (χ0) is 10.1. The van der Waals surface area contributed by atoms with Gasteiger partial charge in [0, 0.05) is 25.2 Å². The van der Waals surface area contributed by atoms with Gasteiger partial charge in [-0.1, -0.05) is 24.3 Å². The molecule has 0 aromatic heterocycles. The maximum atomic E-state index is 3.73. The van der Waals surface area contributed by atoms with Gasteiger partial charge in [0.15, 0.2) is 0 Å². The normalized spacial score (nSPS) is 25.7. The summed E-state index contributed by atoms with van der Waals surface area (Å²) >= 11 is 0. The van der Waals surface area contributed by atoms with Gasteiger partial charge in [0.2, 0.25) is 0 Å². The summed E-state index contributed by atoms with van der Waals surface area (Å²) in [6.45, 7) is 2.30. The summed E-state index contributed by atoms with van der Waals surface area (Å²) in [4.78, 5) is 0. The highest BCUT2D eigenvalue weighted by Crippen LogP contribution is 2.21. The summed E-state index contributed by atoms with van der Waals surface area (Å²) in [5.74, 6) is 0. The molecule has 1 aromatic carbocycles. The molecule has 3 rings (SSSR count). The fraction of sp³-hybridized carbons (Fsp3) is 0.538. The topological polar surface area (TPSA) is 24.1 Å². The molecule has 0 amide bonds. The molecule has 2 nitrogen and oxygen atoms in total. The molecule has 1 fully saturated rings. The van der Waals surface area contributed by atoms with Crippen molar-refractivity contribution in [3.8, 4) is 0 Å². The van der Waals surface area contributed by atoms with Crippen molar-refractivity contribution < 1.29 is 0 Å². The van der Waals surface area contributed by atoms with Crippen molar-refractivity contribution in [1.29, 1.82) is 0 Å². The van der Waals surface area contributed by atoms with Crippen LogP contribution in [0.15, 0.2) is 24.3 Å². The number of nitrogens with one attached hydrogen (secondary N) is 2. The van der Waals surface area contributed by atoms with E-state index in [9.17, 15) is 0 Å². The maximum Gasteiger partial charge on any atom is 0.0320 e. The number of hydrogen-bond acceptors (Lipinski definition) is 2. The Bertz CT molecular complexity index is 344. The minimum Gasteiger partial charge on any atom is -0.314 e. The molecule has 80 valence electrons. The first-order valence-corrected chi connectivity index (χ1v) is 5.95. The van der Waals surface area contributed by atoms with Crippen LogP contribution in [0.4, 0.5) is 0 Å². The van der Waals surface area contributed by atoms with Crippen molar-refractivity contribution in [2.75, 3.05) is 13.1 Å². The number of rotatable bonds is 2. The molecule has 1 aliphatic heterocycles. The van der Waals surface area contributed by atoms with Gasteiger partial charge in [-0.25, -0.2) is 0 Å². The van der Waals surface area contributed by atoms with Gasteiger partial charge >= 0.3 is 0 Å². The lowest BCUT2D eigenvalue weighted by molar-refractivity contribution is 0.312. The van der Waals surface area contributed by atoms with Crippen LogP contribution in [0.25, 0.3) is 0 Å². The molecule has 0 radical (unpaired) electrons. The maximum absolute atomic E-state index is 3.73. The second-order valence-corrected chi connectivity index (χ2v) is 4.73. The molecule has 1 saturated heterocycles. The first-order valence-electron chi connectivity index (χ1n) is 5.95. The van der Waals surface area contributed by atoms with Crippen LogP contribution in [-0.4, -0.2) is 25.2 Å². The van der Waals surface area contributed by atoms with Crippen molar-refractivity contribution in [2.45, 2.75) is 31.3 Å². The zero-order valence-corrected chi connectivity index (χ0v) is 9.00. The van der Waals surface area contributed by atoms with Crippen LogP contribution in [0.1, 0.15) is 17.5 Å². The van der Waals surface area contributed by atoms with Crippen LogP contribution in [0.3, 0.4) is 0 Å². The molecule has 1 aliphatic carbocycles. The Hall–Kier alpha value is -0.860. The smallest absolute Gasteiger partial charge is 0.0320 e. The molecular weight excluding hydrogens is 184 g/mol. The Balaban J connectivity index is 1.66. The second-order valence-electron chi connectivity index (χ2n) is 4.73. The molecule has 0 saturated carbocycles. The highest BCUT2D eigenvalue weighted by molar-refractivity contribution is 5.30. The summed E-state index contributed by atoms with van der Waals surface area (Å²) in [5, 5.41) is 7.04. The predicted octanol–water partition coefficient (Wildman–Crippen LogP) is 1.11. The van der Waals surface area contributed by atoms with Gasteiger partial charge < -0.3 is 10.6 Å².